The molecule has 2 aliphatic heterocycles. The van der Waals surface area contributed by atoms with Crippen molar-refractivity contribution in [3.05, 3.63) is 23.8 Å². The number of benzene rings is 1. The number of aromatic hydroxyl groups is 1. The zero-order valence-electron chi connectivity index (χ0n) is 17.7. The molecule has 0 amide bonds. The minimum absolute atomic E-state index is 0.226. The van der Waals surface area contributed by atoms with Gasteiger partial charge in [-0.3, -0.25) is 9.80 Å². The van der Waals surface area contributed by atoms with E-state index in [4.69, 9.17) is 4.74 Å². The summed E-state index contributed by atoms with van der Waals surface area (Å²) in [5.41, 5.74) is 0.904. The minimum atomic E-state index is 0.226. The van der Waals surface area contributed by atoms with Gasteiger partial charge in [-0.05, 0) is 64.4 Å². The van der Waals surface area contributed by atoms with Crippen LogP contribution in [0.15, 0.2) is 18.2 Å². The van der Waals surface area contributed by atoms with Crippen molar-refractivity contribution < 1.29 is 14.9 Å². The van der Waals surface area contributed by atoms with E-state index in [1.54, 1.807) is 19.2 Å². The van der Waals surface area contributed by atoms with Gasteiger partial charge in [0.1, 0.15) is 11.5 Å². The first-order valence-electron chi connectivity index (χ1n) is 10.7. The first-order valence-corrected chi connectivity index (χ1v) is 10.7. The topological polar surface area (TPSA) is 59.4 Å². The van der Waals surface area contributed by atoms with Crippen molar-refractivity contribution in [1.29, 1.82) is 0 Å². The van der Waals surface area contributed by atoms with Crippen molar-refractivity contribution in [2.45, 2.75) is 57.8 Å². The van der Waals surface area contributed by atoms with Crippen molar-refractivity contribution in [1.82, 2.24) is 14.7 Å². The molecule has 2 N–H and O–H groups in total. The average Bonchev–Trinajstić information content (AvgIpc) is 2.70. The summed E-state index contributed by atoms with van der Waals surface area (Å²) in [6.45, 7) is 10.8. The van der Waals surface area contributed by atoms with E-state index >= 15 is 0 Å². The molecule has 158 valence electrons. The zero-order valence-corrected chi connectivity index (χ0v) is 17.7. The maximum atomic E-state index is 10.2. The van der Waals surface area contributed by atoms with Gasteiger partial charge in [-0.1, -0.05) is 0 Å². The molecule has 0 unspecified atom stereocenters. The van der Waals surface area contributed by atoms with Crippen LogP contribution in [0.4, 0.5) is 0 Å². The van der Waals surface area contributed by atoms with E-state index in [2.05, 4.69) is 28.5 Å². The molecule has 1 aromatic carbocycles. The highest BCUT2D eigenvalue weighted by Gasteiger charge is 2.34. The van der Waals surface area contributed by atoms with E-state index in [1.807, 2.05) is 6.07 Å². The summed E-state index contributed by atoms with van der Waals surface area (Å²) in [6.07, 6.45) is 3.25. The van der Waals surface area contributed by atoms with Crippen LogP contribution in [0.3, 0.4) is 0 Å². The minimum Gasteiger partial charge on any atom is -0.508 e. The van der Waals surface area contributed by atoms with Crippen molar-refractivity contribution in [3.8, 4) is 11.5 Å². The van der Waals surface area contributed by atoms with Gasteiger partial charge in [0.15, 0.2) is 0 Å². The van der Waals surface area contributed by atoms with Gasteiger partial charge in [-0.25, -0.2) is 0 Å². The Morgan fingerprint density at radius 3 is 2.54 bits per heavy atom. The highest BCUT2D eigenvalue weighted by Crippen LogP contribution is 2.28. The van der Waals surface area contributed by atoms with E-state index in [0.717, 1.165) is 37.4 Å². The smallest absolute Gasteiger partial charge is 0.120 e. The molecule has 3 rings (SSSR count). The van der Waals surface area contributed by atoms with Gasteiger partial charge >= 0.3 is 0 Å². The van der Waals surface area contributed by atoms with Crippen LogP contribution in [0.25, 0.3) is 0 Å². The Labute approximate surface area is 169 Å². The van der Waals surface area contributed by atoms with Gasteiger partial charge in [0, 0.05) is 56.5 Å². The van der Waals surface area contributed by atoms with Crippen LogP contribution >= 0.6 is 0 Å². The highest BCUT2D eigenvalue weighted by molar-refractivity contribution is 5.39. The quantitative estimate of drug-likeness (QED) is 0.743. The molecule has 2 aliphatic rings. The summed E-state index contributed by atoms with van der Waals surface area (Å²) < 4.78 is 5.31. The van der Waals surface area contributed by atoms with Crippen molar-refractivity contribution in [2.24, 2.45) is 0 Å². The summed E-state index contributed by atoms with van der Waals surface area (Å²) >= 11 is 0. The van der Waals surface area contributed by atoms with Crippen LogP contribution in [0.2, 0.25) is 0 Å². The number of hydrogen-bond donors (Lipinski definition) is 2. The summed E-state index contributed by atoms with van der Waals surface area (Å²) in [5, 5.41) is 19.8. The number of aliphatic hydroxyl groups excluding tert-OH is 1. The number of phenolic OH excluding ortho intramolecular Hbond substituents is 1. The monoisotopic (exact) mass is 391 g/mol. The fourth-order valence-electron chi connectivity index (χ4n) is 4.75. The summed E-state index contributed by atoms with van der Waals surface area (Å²) in [7, 11) is 1.65. The molecule has 6 heteroatoms. The number of phenols is 1. The van der Waals surface area contributed by atoms with Crippen molar-refractivity contribution >= 4 is 0 Å². The Morgan fingerprint density at radius 1 is 1.14 bits per heavy atom. The lowest BCUT2D eigenvalue weighted by molar-refractivity contribution is -0.000205. The second-order valence-electron chi connectivity index (χ2n) is 8.49. The highest BCUT2D eigenvalue weighted by atomic mass is 16.5. The number of methoxy groups -OCH3 is 1. The second kappa shape index (κ2) is 9.92. The predicted octanol–water partition coefficient (Wildman–Crippen LogP) is 2.14. The molecule has 0 bridgehead atoms. The Morgan fingerprint density at radius 2 is 1.89 bits per heavy atom. The Hall–Kier alpha value is -1.34. The van der Waals surface area contributed by atoms with Crippen LogP contribution in [-0.2, 0) is 6.54 Å². The van der Waals surface area contributed by atoms with Gasteiger partial charge in [0.25, 0.3) is 0 Å². The molecule has 0 spiro atoms. The lowest BCUT2D eigenvalue weighted by Gasteiger charge is -2.48. The fraction of sp³-hybridized carbons (Fsp3) is 0.727. The normalized spacial score (nSPS) is 23.4. The van der Waals surface area contributed by atoms with E-state index in [0.29, 0.717) is 30.4 Å². The molecular weight excluding hydrogens is 354 g/mol. The maximum Gasteiger partial charge on any atom is 0.120 e. The first kappa shape index (κ1) is 21.4. The molecule has 0 radical (unpaired) electrons. The van der Waals surface area contributed by atoms with E-state index < -0.39 is 0 Å². The van der Waals surface area contributed by atoms with Gasteiger partial charge in [-0.15, -0.1) is 0 Å². The lowest BCUT2D eigenvalue weighted by Crippen LogP contribution is -2.58. The molecule has 2 heterocycles. The zero-order chi connectivity index (χ0) is 20.1. The Balaban J connectivity index is 1.61. The second-order valence-corrected chi connectivity index (χ2v) is 8.49. The number of piperazine rings is 1. The van der Waals surface area contributed by atoms with Crippen LogP contribution in [0, 0.1) is 0 Å². The van der Waals surface area contributed by atoms with Crippen molar-refractivity contribution in [3.63, 3.8) is 0 Å². The van der Waals surface area contributed by atoms with Crippen LogP contribution in [0.1, 0.15) is 38.7 Å². The van der Waals surface area contributed by atoms with Gasteiger partial charge in [0.05, 0.1) is 7.11 Å². The fourth-order valence-corrected chi connectivity index (χ4v) is 4.75. The number of likely N-dealkylation sites (tertiary alicyclic amines) is 1. The third-order valence-corrected chi connectivity index (χ3v) is 6.45. The van der Waals surface area contributed by atoms with Gasteiger partial charge < -0.3 is 19.8 Å². The number of ether oxygens (including phenoxy) is 1. The molecule has 1 aromatic rings. The number of piperidine rings is 1. The summed E-state index contributed by atoms with van der Waals surface area (Å²) in [6, 6.07) is 7.04. The Kier molecular flexibility index (Phi) is 7.57. The Bertz CT molecular complexity index is 617. The summed E-state index contributed by atoms with van der Waals surface area (Å²) in [4.78, 5) is 7.61. The molecule has 6 nitrogen and oxygen atoms in total. The van der Waals surface area contributed by atoms with Gasteiger partial charge in [0.2, 0.25) is 0 Å². The predicted molar refractivity (Wildman–Crippen MR) is 112 cm³/mol. The molecule has 2 fully saturated rings. The standard InChI is InChI=1S/C22H37N3O3/c1-17(2)24-9-6-19(7-10-24)25-12-11-23(16-20(25)8-13-26)15-18-14-21(28-3)4-5-22(18)27/h4-5,14,17,19-20,26-27H,6-13,15-16H2,1-3H3/t20-/m0/s1. The number of nitrogens with zero attached hydrogens (tertiary/aromatic N) is 3. The maximum absolute atomic E-state index is 10.2. The first-order chi connectivity index (χ1) is 13.5. The van der Waals surface area contributed by atoms with Gasteiger partial charge in [-0.2, -0.15) is 0 Å². The van der Waals surface area contributed by atoms with Crippen molar-refractivity contribution in [2.75, 3.05) is 46.4 Å². The molecule has 0 aliphatic carbocycles. The molecule has 0 saturated carbocycles. The number of hydrogen-bond acceptors (Lipinski definition) is 6. The third kappa shape index (κ3) is 5.17. The largest absolute Gasteiger partial charge is 0.508 e. The molecule has 28 heavy (non-hydrogen) atoms. The van der Waals surface area contributed by atoms with E-state index in [9.17, 15) is 10.2 Å². The van der Waals surface area contributed by atoms with E-state index in [1.165, 1.54) is 25.9 Å². The van der Waals surface area contributed by atoms with E-state index in [-0.39, 0.29) is 6.61 Å². The number of aliphatic hydroxyl groups is 1. The molecular formula is C22H37N3O3. The molecule has 1 atom stereocenters. The third-order valence-electron chi connectivity index (χ3n) is 6.45. The average molecular weight is 392 g/mol. The van der Waals surface area contributed by atoms with Crippen LogP contribution < -0.4 is 4.74 Å². The molecule has 2 saturated heterocycles. The SMILES string of the molecule is COc1ccc(O)c(CN2CCN(C3CCN(C(C)C)CC3)[C@@H](CCO)C2)c1. The molecule has 0 aromatic heterocycles. The number of rotatable bonds is 7. The lowest BCUT2D eigenvalue weighted by atomic mass is 9.97. The van der Waals surface area contributed by atoms with Crippen LogP contribution in [-0.4, -0.2) is 89.5 Å². The summed E-state index contributed by atoms with van der Waals surface area (Å²) in [5.74, 6) is 1.10. The van der Waals surface area contributed by atoms with Crippen LogP contribution in [0.5, 0.6) is 11.5 Å².